The SMILES string of the molecule is O=C1S/C(=C\c2cc(N=Nc3ccccc3)ccc2O)C(=O)N1Cc1ccc(Br)cc1. The van der Waals surface area contributed by atoms with Crippen molar-refractivity contribution in [2.45, 2.75) is 6.54 Å². The number of halogens is 1. The van der Waals surface area contributed by atoms with E-state index in [1.165, 1.54) is 17.0 Å². The Morgan fingerprint density at radius 3 is 2.39 bits per heavy atom. The van der Waals surface area contributed by atoms with Crippen LogP contribution in [0.5, 0.6) is 5.75 Å². The first-order valence-corrected chi connectivity index (χ1v) is 10.9. The maximum atomic E-state index is 12.8. The number of benzene rings is 3. The molecule has 0 saturated carbocycles. The summed E-state index contributed by atoms with van der Waals surface area (Å²) < 4.78 is 0.921. The Morgan fingerprint density at radius 1 is 0.935 bits per heavy atom. The van der Waals surface area contributed by atoms with E-state index in [0.717, 1.165) is 21.8 Å². The average Bonchev–Trinajstić information content (AvgIpc) is 3.04. The van der Waals surface area contributed by atoms with Crippen molar-refractivity contribution in [1.82, 2.24) is 4.90 Å². The summed E-state index contributed by atoms with van der Waals surface area (Å²) in [5, 5.41) is 18.2. The van der Waals surface area contributed by atoms with E-state index in [1.807, 2.05) is 54.6 Å². The number of phenols is 1. The van der Waals surface area contributed by atoms with Gasteiger partial charge in [0, 0.05) is 10.0 Å². The highest BCUT2D eigenvalue weighted by Gasteiger charge is 2.35. The number of azo groups is 1. The van der Waals surface area contributed by atoms with Crippen LogP contribution in [0.3, 0.4) is 0 Å². The zero-order valence-corrected chi connectivity index (χ0v) is 18.5. The highest BCUT2D eigenvalue weighted by Crippen LogP contribution is 2.36. The van der Waals surface area contributed by atoms with Crippen molar-refractivity contribution in [2.75, 3.05) is 0 Å². The summed E-state index contributed by atoms with van der Waals surface area (Å²) in [6, 6.07) is 21.4. The van der Waals surface area contributed by atoms with Crippen LogP contribution in [0.4, 0.5) is 16.2 Å². The quantitative estimate of drug-likeness (QED) is 0.312. The van der Waals surface area contributed by atoms with Crippen LogP contribution < -0.4 is 0 Å². The fraction of sp³-hybridized carbons (Fsp3) is 0.0435. The molecule has 0 unspecified atom stereocenters. The van der Waals surface area contributed by atoms with Crippen molar-refractivity contribution >= 4 is 56.3 Å². The Labute approximate surface area is 191 Å². The Kier molecular flexibility index (Phi) is 6.29. The number of phenolic OH excluding ortho intramolecular Hbond substituents is 1. The molecule has 1 fully saturated rings. The maximum absolute atomic E-state index is 12.8. The third kappa shape index (κ3) is 5.10. The minimum Gasteiger partial charge on any atom is -0.507 e. The Morgan fingerprint density at radius 2 is 1.65 bits per heavy atom. The van der Waals surface area contributed by atoms with Gasteiger partial charge in [-0.15, -0.1) is 0 Å². The third-order valence-corrected chi connectivity index (χ3v) is 5.90. The van der Waals surface area contributed by atoms with Gasteiger partial charge in [-0.1, -0.05) is 46.3 Å². The number of carbonyl (C=O) groups is 2. The topological polar surface area (TPSA) is 82.3 Å². The molecule has 3 aromatic carbocycles. The van der Waals surface area contributed by atoms with E-state index in [1.54, 1.807) is 12.1 Å². The van der Waals surface area contributed by atoms with E-state index in [-0.39, 0.29) is 22.4 Å². The van der Waals surface area contributed by atoms with E-state index in [9.17, 15) is 14.7 Å². The van der Waals surface area contributed by atoms with Gasteiger partial charge in [-0.25, -0.2) is 0 Å². The van der Waals surface area contributed by atoms with Gasteiger partial charge in [0.2, 0.25) is 0 Å². The summed E-state index contributed by atoms with van der Waals surface area (Å²) in [5.41, 5.74) is 2.45. The van der Waals surface area contributed by atoms with Crippen LogP contribution in [-0.2, 0) is 11.3 Å². The van der Waals surface area contributed by atoms with E-state index in [2.05, 4.69) is 26.2 Å². The van der Waals surface area contributed by atoms with Crippen LogP contribution in [-0.4, -0.2) is 21.2 Å². The molecule has 2 amide bonds. The fourth-order valence-corrected chi connectivity index (χ4v) is 3.97. The van der Waals surface area contributed by atoms with Crippen LogP contribution in [0, 0.1) is 0 Å². The lowest BCUT2D eigenvalue weighted by Crippen LogP contribution is -2.27. The van der Waals surface area contributed by atoms with Crippen LogP contribution in [0.25, 0.3) is 6.08 Å². The molecular weight excluding hydrogens is 478 g/mol. The number of thioether (sulfide) groups is 1. The van der Waals surface area contributed by atoms with E-state index in [0.29, 0.717) is 16.9 Å². The lowest BCUT2D eigenvalue weighted by Gasteiger charge is -2.12. The van der Waals surface area contributed by atoms with E-state index in [4.69, 9.17) is 0 Å². The number of hydrogen-bond donors (Lipinski definition) is 1. The van der Waals surface area contributed by atoms with Crippen molar-refractivity contribution < 1.29 is 14.7 Å². The molecule has 1 N–H and O–H groups in total. The second-order valence-electron chi connectivity index (χ2n) is 6.67. The van der Waals surface area contributed by atoms with Gasteiger partial charge in [-0.2, -0.15) is 10.2 Å². The zero-order chi connectivity index (χ0) is 21.8. The molecule has 0 spiro atoms. The van der Waals surface area contributed by atoms with Crippen LogP contribution >= 0.6 is 27.7 Å². The van der Waals surface area contributed by atoms with E-state index >= 15 is 0 Å². The number of aromatic hydroxyl groups is 1. The van der Waals surface area contributed by atoms with Crippen molar-refractivity contribution in [3.63, 3.8) is 0 Å². The lowest BCUT2D eigenvalue weighted by molar-refractivity contribution is -0.123. The molecule has 1 heterocycles. The second-order valence-corrected chi connectivity index (χ2v) is 8.58. The fourth-order valence-electron chi connectivity index (χ4n) is 2.88. The summed E-state index contributed by atoms with van der Waals surface area (Å²) in [6.45, 7) is 0.187. The minimum absolute atomic E-state index is 0.0154. The largest absolute Gasteiger partial charge is 0.507 e. The monoisotopic (exact) mass is 493 g/mol. The van der Waals surface area contributed by atoms with Gasteiger partial charge in [0.25, 0.3) is 11.1 Å². The highest BCUT2D eigenvalue weighted by molar-refractivity contribution is 9.10. The Bertz CT molecular complexity index is 1190. The summed E-state index contributed by atoms with van der Waals surface area (Å²) in [4.78, 5) is 26.6. The van der Waals surface area contributed by atoms with Gasteiger partial charge >= 0.3 is 0 Å². The molecular formula is C23H16BrN3O3S. The van der Waals surface area contributed by atoms with Gasteiger partial charge in [0.1, 0.15) is 5.75 Å². The Balaban J connectivity index is 1.55. The molecule has 3 aromatic rings. The number of amides is 2. The number of nitrogens with zero attached hydrogens (tertiary/aromatic N) is 3. The molecule has 6 nitrogen and oxygen atoms in total. The highest BCUT2D eigenvalue weighted by atomic mass is 79.9. The maximum Gasteiger partial charge on any atom is 0.293 e. The molecule has 0 aromatic heterocycles. The van der Waals surface area contributed by atoms with Gasteiger partial charge in [-0.3, -0.25) is 14.5 Å². The van der Waals surface area contributed by atoms with Crippen LogP contribution in [0.15, 0.2) is 92.4 Å². The van der Waals surface area contributed by atoms with Gasteiger partial charge in [-0.05, 0) is 65.9 Å². The zero-order valence-electron chi connectivity index (χ0n) is 16.1. The molecule has 1 aliphatic rings. The van der Waals surface area contributed by atoms with Crippen molar-refractivity contribution in [3.05, 3.63) is 93.3 Å². The molecule has 8 heteroatoms. The van der Waals surface area contributed by atoms with Crippen LogP contribution in [0.1, 0.15) is 11.1 Å². The summed E-state index contributed by atoms with van der Waals surface area (Å²) in [5.74, 6) is -0.410. The molecule has 154 valence electrons. The van der Waals surface area contributed by atoms with Gasteiger partial charge < -0.3 is 5.11 Å². The first-order valence-electron chi connectivity index (χ1n) is 9.29. The molecule has 0 bridgehead atoms. The normalized spacial score (nSPS) is 15.4. The Hall–Kier alpha value is -3.23. The third-order valence-electron chi connectivity index (χ3n) is 4.46. The number of imide groups is 1. The molecule has 31 heavy (non-hydrogen) atoms. The average molecular weight is 494 g/mol. The van der Waals surface area contributed by atoms with Crippen molar-refractivity contribution in [3.8, 4) is 5.75 Å². The number of hydrogen-bond acceptors (Lipinski definition) is 6. The number of carbonyl (C=O) groups excluding carboxylic acids is 2. The smallest absolute Gasteiger partial charge is 0.293 e. The standard InChI is InChI=1S/C23H16BrN3O3S/c24-17-8-6-15(7-9-17)14-27-22(29)21(31-23(27)30)13-16-12-19(10-11-20(16)28)26-25-18-4-2-1-3-5-18/h1-13,28H,14H2/b21-13-,26-25?. The summed E-state index contributed by atoms with van der Waals surface area (Å²) in [7, 11) is 0. The minimum atomic E-state index is -0.395. The molecule has 1 aliphatic heterocycles. The molecule has 0 aliphatic carbocycles. The van der Waals surface area contributed by atoms with Gasteiger partial charge in [0.15, 0.2) is 0 Å². The predicted molar refractivity (Wildman–Crippen MR) is 124 cm³/mol. The van der Waals surface area contributed by atoms with Crippen molar-refractivity contribution in [1.29, 1.82) is 0 Å². The first kappa shape index (κ1) is 21.0. The van der Waals surface area contributed by atoms with Gasteiger partial charge in [0.05, 0.1) is 22.8 Å². The van der Waals surface area contributed by atoms with Crippen LogP contribution in [0.2, 0.25) is 0 Å². The first-order chi connectivity index (χ1) is 15.0. The number of rotatable bonds is 5. The molecule has 0 atom stereocenters. The molecule has 0 radical (unpaired) electrons. The molecule has 1 saturated heterocycles. The van der Waals surface area contributed by atoms with E-state index < -0.39 is 5.91 Å². The predicted octanol–water partition coefficient (Wildman–Crippen LogP) is 6.81. The molecule has 4 rings (SSSR count). The summed E-state index contributed by atoms with van der Waals surface area (Å²) in [6.07, 6.45) is 1.50. The lowest BCUT2D eigenvalue weighted by atomic mass is 10.1. The second kappa shape index (κ2) is 9.28. The summed E-state index contributed by atoms with van der Waals surface area (Å²) >= 11 is 4.21. The van der Waals surface area contributed by atoms with Crippen molar-refractivity contribution in [2.24, 2.45) is 10.2 Å².